The minimum Gasteiger partial charge on any atom is -0.342 e. The molecule has 4 nitrogen and oxygen atoms in total. The van der Waals surface area contributed by atoms with Crippen LogP contribution < -0.4 is 0 Å². The minimum absolute atomic E-state index is 0.0431. The fourth-order valence-electron chi connectivity index (χ4n) is 2.10. The zero-order valence-electron chi connectivity index (χ0n) is 10.7. The quantitative estimate of drug-likeness (QED) is 0.762. The summed E-state index contributed by atoms with van der Waals surface area (Å²) in [6.45, 7) is 1.51. The molecule has 1 amide bonds. The Bertz CT molecular complexity index is 481. The van der Waals surface area contributed by atoms with Gasteiger partial charge in [0.05, 0.1) is 5.75 Å². The van der Waals surface area contributed by atoms with E-state index < -0.39 is 10.8 Å². The number of carbonyl (C=O) groups is 2. The van der Waals surface area contributed by atoms with Crippen LogP contribution in [-0.4, -0.2) is 45.4 Å². The van der Waals surface area contributed by atoms with Crippen LogP contribution in [0, 0.1) is 0 Å². The van der Waals surface area contributed by atoms with Crippen molar-refractivity contribution in [3.63, 3.8) is 0 Å². The highest BCUT2D eigenvalue weighted by atomic mass is 32.2. The van der Waals surface area contributed by atoms with E-state index in [4.69, 9.17) is 0 Å². The second kappa shape index (κ2) is 6.61. The minimum atomic E-state index is -1.42. The van der Waals surface area contributed by atoms with Gasteiger partial charge in [-0.15, -0.1) is 0 Å². The maximum Gasteiger partial charge on any atom is 0.235 e. The predicted molar refractivity (Wildman–Crippen MR) is 74.5 cm³/mol. The van der Waals surface area contributed by atoms with E-state index in [0.717, 1.165) is 25.9 Å². The summed E-state index contributed by atoms with van der Waals surface area (Å²) >= 11 is 0. The molecule has 1 atom stereocenters. The number of benzene rings is 1. The molecule has 1 heterocycles. The van der Waals surface area contributed by atoms with Crippen molar-refractivity contribution in [1.29, 1.82) is 0 Å². The molecule has 0 aromatic heterocycles. The number of hydrogen-bond donors (Lipinski definition) is 0. The van der Waals surface area contributed by atoms with E-state index in [0.29, 0.717) is 5.56 Å². The molecule has 19 heavy (non-hydrogen) atoms. The zero-order chi connectivity index (χ0) is 13.7. The fourth-order valence-corrected chi connectivity index (χ4v) is 3.12. The molecular formula is C14H17NO3S. The molecule has 0 N–H and O–H groups in total. The standard InChI is InChI=1S/C14H17NO3S/c16-13(12-6-2-1-3-7-12)10-19(18)11-14(17)15-8-4-5-9-15/h1-3,6-7H,4-5,8-11H2. The third-order valence-corrected chi connectivity index (χ3v) is 4.28. The van der Waals surface area contributed by atoms with Gasteiger partial charge in [-0.25, -0.2) is 0 Å². The van der Waals surface area contributed by atoms with E-state index >= 15 is 0 Å². The van der Waals surface area contributed by atoms with Gasteiger partial charge in [-0.2, -0.15) is 0 Å². The van der Waals surface area contributed by atoms with Crippen LogP contribution in [0.1, 0.15) is 23.2 Å². The van der Waals surface area contributed by atoms with Gasteiger partial charge in [-0.1, -0.05) is 30.3 Å². The van der Waals surface area contributed by atoms with Crippen LogP contribution in [0.2, 0.25) is 0 Å². The Morgan fingerprint density at radius 3 is 2.32 bits per heavy atom. The van der Waals surface area contributed by atoms with Crippen molar-refractivity contribution >= 4 is 22.5 Å². The van der Waals surface area contributed by atoms with Gasteiger partial charge < -0.3 is 4.90 Å². The lowest BCUT2D eigenvalue weighted by Crippen LogP contribution is -2.33. The molecule has 1 aromatic rings. The molecule has 5 heteroatoms. The first-order valence-corrected chi connectivity index (χ1v) is 7.86. The third-order valence-electron chi connectivity index (χ3n) is 3.13. The lowest BCUT2D eigenvalue weighted by atomic mass is 10.2. The highest BCUT2D eigenvalue weighted by Gasteiger charge is 2.21. The summed E-state index contributed by atoms with van der Waals surface area (Å²) < 4.78 is 11.8. The molecule has 0 spiro atoms. The van der Waals surface area contributed by atoms with Crippen molar-refractivity contribution in [2.24, 2.45) is 0 Å². The van der Waals surface area contributed by atoms with Gasteiger partial charge in [-0.05, 0) is 12.8 Å². The number of nitrogens with zero attached hydrogens (tertiary/aromatic N) is 1. The van der Waals surface area contributed by atoms with Crippen LogP contribution in [0.3, 0.4) is 0 Å². The summed E-state index contributed by atoms with van der Waals surface area (Å²) in [4.78, 5) is 25.4. The van der Waals surface area contributed by atoms with Crippen LogP contribution >= 0.6 is 0 Å². The number of Topliss-reactive ketones (excluding diaryl/α,β-unsaturated/α-hetero) is 1. The Kier molecular flexibility index (Phi) is 4.85. The van der Waals surface area contributed by atoms with Crippen LogP contribution in [0.25, 0.3) is 0 Å². The van der Waals surface area contributed by atoms with Crippen LogP contribution in [0.5, 0.6) is 0 Å². The highest BCUT2D eigenvalue weighted by Crippen LogP contribution is 2.08. The van der Waals surface area contributed by atoms with E-state index in [2.05, 4.69) is 0 Å². The van der Waals surface area contributed by atoms with E-state index in [9.17, 15) is 13.8 Å². The summed E-state index contributed by atoms with van der Waals surface area (Å²) in [5.74, 6) is -0.396. The molecule has 2 rings (SSSR count). The summed E-state index contributed by atoms with van der Waals surface area (Å²) in [5, 5.41) is 0. The summed E-state index contributed by atoms with van der Waals surface area (Å²) in [6.07, 6.45) is 2.03. The molecule has 1 aliphatic heterocycles. The second-order valence-corrected chi connectivity index (χ2v) is 6.06. The lowest BCUT2D eigenvalue weighted by molar-refractivity contribution is -0.127. The normalized spacial score (nSPS) is 16.3. The monoisotopic (exact) mass is 279 g/mol. The SMILES string of the molecule is O=C(CS(=O)CC(=O)N1CCCC1)c1ccccc1. The van der Waals surface area contributed by atoms with E-state index in [1.165, 1.54) is 0 Å². The summed E-state index contributed by atoms with van der Waals surface area (Å²) in [6, 6.07) is 8.76. The molecule has 0 radical (unpaired) electrons. The molecule has 0 saturated carbocycles. The molecule has 1 aromatic carbocycles. The topological polar surface area (TPSA) is 54.5 Å². The number of hydrogen-bond acceptors (Lipinski definition) is 3. The van der Waals surface area contributed by atoms with Gasteiger partial charge in [0, 0.05) is 29.5 Å². The second-order valence-electron chi connectivity index (χ2n) is 4.61. The van der Waals surface area contributed by atoms with E-state index in [1.807, 2.05) is 6.07 Å². The number of amides is 1. The lowest BCUT2D eigenvalue weighted by Gasteiger charge is -2.14. The first kappa shape index (κ1) is 13.9. The number of likely N-dealkylation sites (tertiary alicyclic amines) is 1. The number of rotatable bonds is 5. The predicted octanol–water partition coefficient (Wildman–Crippen LogP) is 1.24. The first-order chi connectivity index (χ1) is 9.16. The van der Waals surface area contributed by atoms with Gasteiger partial charge in [0.2, 0.25) is 5.91 Å². The Labute approximate surface area is 115 Å². The molecular weight excluding hydrogens is 262 g/mol. The zero-order valence-corrected chi connectivity index (χ0v) is 11.5. The average molecular weight is 279 g/mol. The molecule has 102 valence electrons. The Balaban J connectivity index is 1.84. The molecule has 1 fully saturated rings. The number of ketones is 1. The maximum absolute atomic E-state index is 11.8. The van der Waals surface area contributed by atoms with Crippen LogP contribution in [0.15, 0.2) is 30.3 Å². The highest BCUT2D eigenvalue weighted by molar-refractivity contribution is 7.86. The molecule has 1 unspecified atom stereocenters. The Hall–Kier alpha value is -1.49. The van der Waals surface area contributed by atoms with Gasteiger partial charge in [-0.3, -0.25) is 13.8 Å². The van der Waals surface area contributed by atoms with Gasteiger partial charge in [0.15, 0.2) is 5.78 Å². The summed E-state index contributed by atoms with van der Waals surface area (Å²) in [5.41, 5.74) is 0.546. The largest absolute Gasteiger partial charge is 0.342 e. The van der Waals surface area contributed by atoms with Crippen molar-refractivity contribution in [1.82, 2.24) is 4.90 Å². The van der Waals surface area contributed by atoms with Crippen molar-refractivity contribution in [2.75, 3.05) is 24.6 Å². The fraction of sp³-hybridized carbons (Fsp3) is 0.429. The summed E-state index contributed by atoms with van der Waals surface area (Å²) in [7, 11) is -1.42. The maximum atomic E-state index is 11.8. The van der Waals surface area contributed by atoms with Crippen LogP contribution in [0.4, 0.5) is 0 Å². The van der Waals surface area contributed by atoms with Gasteiger partial charge in [0.25, 0.3) is 0 Å². The van der Waals surface area contributed by atoms with Gasteiger partial charge in [0.1, 0.15) is 5.75 Å². The van der Waals surface area contributed by atoms with Gasteiger partial charge >= 0.3 is 0 Å². The first-order valence-electron chi connectivity index (χ1n) is 6.38. The van der Waals surface area contributed by atoms with Crippen molar-refractivity contribution in [2.45, 2.75) is 12.8 Å². The van der Waals surface area contributed by atoms with Crippen LogP contribution in [-0.2, 0) is 15.6 Å². The van der Waals surface area contributed by atoms with Crippen molar-refractivity contribution in [3.8, 4) is 0 Å². The van der Waals surface area contributed by atoms with Crippen molar-refractivity contribution < 1.29 is 13.8 Å². The average Bonchev–Trinajstić information content (AvgIpc) is 2.93. The number of carbonyl (C=O) groups excluding carboxylic acids is 2. The Morgan fingerprint density at radius 2 is 1.68 bits per heavy atom. The smallest absolute Gasteiger partial charge is 0.235 e. The van der Waals surface area contributed by atoms with E-state index in [1.54, 1.807) is 29.2 Å². The van der Waals surface area contributed by atoms with E-state index in [-0.39, 0.29) is 23.2 Å². The molecule has 1 aliphatic rings. The molecule has 1 saturated heterocycles. The molecule has 0 aliphatic carbocycles. The van der Waals surface area contributed by atoms with Crippen molar-refractivity contribution in [3.05, 3.63) is 35.9 Å². The third kappa shape index (κ3) is 3.99. The molecule has 0 bridgehead atoms. The Morgan fingerprint density at radius 1 is 1.05 bits per heavy atom.